The summed E-state index contributed by atoms with van der Waals surface area (Å²) >= 11 is 0. The third kappa shape index (κ3) is 3.38. The molecular weight excluding hydrogens is 242 g/mol. The summed E-state index contributed by atoms with van der Waals surface area (Å²) < 4.78 is 26.7. The van der Waals surface area contributed by atoms with E-state index in [0.29, 0.717) is 12.3 Å². The molecule has 0 fully saturated rings. The highest BCUT2D eigenvalue weighted by molar-refractivity contribution is 5.62. The van der Waals surface area contributed by atoms with Gasteiger partial charge in [-0.2, -0.15) is 0 Å². The second-order valence-corrected chi connectivity index (χ2v) is 4.69. The SMILES string of the molecule is CC(C)CC(C)Nc1c([N+](=O)[O-])ccc(F)c1F. The highest BCUT2D eigenvalue weighted by Crippen LogP contribution is 2.30. The number of nitrogens with zero attached hydrogens (tertiary/aromatic N) is 1. The van der Waals surface area contributed by atoms with Crippen molar-refractivity contribution in [2.75, 3.05) is 5.32 Å². The van der Waals surface area contributed by atoms with Crippen molar-refractivity contribution in [2.45, 2.75) is 33.2 Å². The summed E-state index contributed by atoms with van der Waals surface area (Å²) in [5, 5.41) is 13.4. The maximum absolute atomic E-state index is 13.6. The summed E-state index contributed by atoms with van der Waals surface area (Å²) in [5.74, 6) is -1.96. The number of rotatable bonds is 5. The van der Waals surface area contributed by atoms with Crippen LogP contribution in [-0.4, -0.2) is 11.0 Å². The standard InChI is InChI=1S/C12H16F2N2O2/c1-7(2)6-8(3)15-12-10(16(17)18)5-4-9(13)11(12)14/h4-5,7-8,15H,6H2,1-3H3. The topological polar surface area (TPSA) is 55.2 Å². The average Bonchev–Trinajstić information content (AvgIpc) is 2.23. The molecule has 0 aliphatic heterocycles. The maximum atomic E-state index is 13.6. The van der Waals surface area contributed by atoms with Gasteiger partial charge in [-0.25, -0.2) is 8.78 Å². The molecule has 0 aliphatic rings. The van der Waals surface area contributed by atoms with Crippen LogP contribution in [0.25, 0.3) is 0 Å². The first-order valence-corrected chi connectivity index (χ1v) is 5.71. The Morgan fingerprint density at radius 1 is 1.33 bits per heavy atom. The number of nitrogens with one attached hydrogen (secondary N) is 1. The number of halogens is 2. The molecular formula is C12H16F2N2O2. The molecule has 0 saturated heterocycles. The van der Waals surface area contributed by atoms with Crippen molar-refractivity contribution in [3.05, 3.63) is 33.9 Å². The number of hydrogen-bond acceptors (Lipinski definition) is 3. The predicted octanol–water partition coefficient (Wildman–Crippen LogP) is 3.72. The lowest BCUT2D eigenvalue weighted by atomic mass is 10.0. The Labute approximate surface area is 104 Å². The van der Waals surface area contributed by atoms with E-state index >= 15 is 0 Å². The van der Waals surface area contributed by atoms with Crippen LogP contribution in [0.5, 0.6) is 0 Å². The normalized spacial score (nSPS) is 12.6. The van der Waals surface area contributed by atoms with E-state index in [2.05, 4.69) is 5.32 Å². The lowest BCUT2D eigenvalue weighted by molar-refractivity contribution is -0.384. The summed E-state index contributed by atoms with van der Waals surface area (Å²) in [7, 11) is 0. The third-order valence-electron chi connectivity index (χ3n) is 2.49. The van der Waals surface area contributed by atoms with Crippen LogP contribution in [0.15, 0.2) is 12.1 Å². The number of nitro groups is 1. The Morgan fingerprint density at radius 2 is 1.94 bits per heavy atom. The predicted molar refractivity (Wildman–Crippen MR) is 65.6 cm³/mol. The number of hydrogen-bond donors (Lipinski definition) is 1. The fourth-order valence-electron chi connectivity index (χ4n) is 1.84. The molecule has 0 amide bonds. The van der Waals surface area contributed by atoms with Crippen molar-refractivity contribution < 1.29 is 13.7 Å². The molecule has 1 aromatic carbocycles. The second-order valence-electron chi connectivity index (χ2n) is 4.69. The van der Waals surface area contributed by atoms with Gasteiger partial charge in [-0.1, -0.05) is 13.8 Å². The molecule has 100 valence electrons. The van der Waals surface area contributed by atoms with Gasteiger partial charge in [-0.3, -0.25) is 10.1 Å². The van der Waals surface area contributed by atoms with Gasteiger partial charge in [-0.15, -0.1) is 0 Å². The number of nitro benzene ring substituents is 1. The molecule has 0 aliphatic carbocycles. The molecule has 0 bridgehead atoms. The third-order valence-corrected chi connectivity index (χ3v) is 2.49. The van der Waals surface area contributed by atoms with Gasteiger partial charge in [0.15, 0.2) is 17.3 Å². The van der Waals surface area contributed by atoms with E-state index in [0.717, 1.165) is 12.1 Å². The molecule has 0 radical (unpaired) electrons. The molecule has 1 N–H and O–H groups in total. The molecule has 1 rings (SSSR count). The number of benzene rings is 1. The zero-order valence-electron chi connectivity index (χ0n) is 10.5. The molecule has 1 unspecified atom stereocenters. The van der Waals surface area contributed by atoms with E-state index < -0.39 is 22.2 Å². The Morgan fingerprint density at radius 3 is 2.44 bits per heavy atom. The van der Waals surface area contributed by atoms with Crippen molar-refractivity contribution in [2.24, 2.45) is 5.92 Å². The van der Waals surface area contributed by atoms with E-state index in [1.807, 2.05) is 13.8 Å². The minimum Gasteiger partial charge on any atom is -0.375 e. The van der Waals surface area contributed by atoms with E-state index in [-0.39, 0.29) is 11.7 Å². The lowest BCUT2D eigenvalue weighted by Crippen LogP contribution is -2.19. The van der Waals surface area contributed by atoms with Gasteiger partial charge in [-0.05, 0) is 25.3 Å². The molecule has 1 aromatic rings. The molecule has 0 saturated carbocycles. The van der Waals surface area contributed by atoms with Crippen LogP contribution in [0.4, 0.5) is 20.2 Å². The zero-order chi connectivity index (χ0) is 13.9. The molecule has 0 spiro atoms. The van der Waals surface area contributed by atoms with Crippen LogP contribution in [0.2, 0.25) is 0 Å². The highest BCUT2D eigenvalue weighted by Gasteiger charge is 2.22. The lowest BCUT2D eigenvalue weighted by Gasteiger charge is -2.17. The first-order chi connectivity index (χ1) is 8.32. The molecule has 1 atom stereocenters. The van der Waals surface area contributed by atoms with Crippen molar-refractivity contribution in [1.82, 2.24) is 0 Å². The highest BCUT2D eigenvalue weighted by atomic mass is 19.2. The summed E-state index contributed by atoms with van der Waals surface area (Å²) in [6, 6.07) is 1.54. The van der Waals surface area contributed by atoms with Crippen molar-refractivity contribution in [1.29, 1.82) is 0 Å². The minimum atomic E-state index is -1.21. The molecule has 0 heterocycles. The Hall–Kier alpha value is -1.72. The van der Waals surface area contributed by atoms with E-state index in [1.165, 1.54) is 0 Å². The zero-order valence-corrected chi connectivity index (χ0v) is 10.5. The van der Waals surface area contributed by atoms with Gasteiger partial charge in [0.25, 0.3) is 5.69 Å². The first-order valence-electron chi connectivity index (χ1n) is 5.71. The quantitative estimate of drug-likeness (QED) is 0.646. The van der Waals surface area contributed by atoms with Crippen LogP contribution in [0, 0.1) is 27.7 Å². The number of anilines is 1. The second kappa shape index (κ2) is 5.75. The summed E-state index contributed by atoms with van der Waals surface area (Å²) in [6.45, 7) is 5.73. The Kier molecular flexibility index (Phi) is 4.58. The van der Waals surface area contributed by atoms with Crippen molar-refractivity contribution in [3.8, 4) is 0 Å². The maximum Gasteiger partial charge on any atom is 0.295 e. The van der Waals surface area contributed by atoms with Gasteiger partial charge in [0.1, 0.15) is 0 Å². The molecule has 4 nitrogen and oxygen atoms in total. The summed E-state index contributed by atoms with van der Waals surface area (Å²) in [6.07, 6.45) is 0.701. The fourth-order valence-corrected chi connectivity index (χ4v) is 1.84. The van der Waals surface area contributed by atoms with E-state index in [9.17, 15) is 18.9 Å². The van der Waals surface area contributed by atoms with Crippen molar-refractivity contribution >= 4 is 11.4 Å². The van der Waals surface area contributed by atoms with Crippen LogP contribution in [0.1, 0.15) is 27.2 Å². The van der Waals surface area contributed by atoms with Gasteiger partial charge >= 0.3 is 0 Å². The summed E-state index contributed by atoms with van der Waals surface area (Å²) in [4.78, 5) is 10.0. The molecule has 18 heavy (non-hydrogen) atoms. The van der Waals surface area contributed by atoms with E-state index in [1.54, 1.807) is 6.92 Å². The van der Waals surface area contributed by atoms with Crippen LogP contribution in [0.3, 0.4) is 0 Å². The minimum absolute atomic E-state index is 0.181. The fraction of sp³-hybridized carbons (Fsp3) is 0.500. The van der Waals surface area contributed by atoms with Gasteiger partial charge in [0, 0.05) is 12.1 Å². The first kappa shape index (κ1) is 14.3. The van der Waals surface area contributed by atoms with Crippen LogP contribution in [-0.2, 0) is 0 Å². The average molecular weight is 258 g/mol. The van der Waals surface area contributed by atoms with E-state index in [4.69, 9.17) is 0 Å². The van der Waals surface area contributed by atoms with Crippen LogP contribution >= 0.6 is 0 Å². The van der Waals surface area contributed by atoms with Crippen LogP contribution < -0.4 is 5.32 Å². The monoisotopic (exact) mass is 258 g/mol. The smallest absolute Gasteiger partial charge is 0.295 e. The van der Waals surface area contributed by atoms with Gasteiger partial charge < -0.3 is 5.32 Å². The van der Waals surface area contributed by atoms with Gasteiger partial charge in [0.2, 0.25) is 0 Å². The molecule has 0 aromatic heterocycles. The largest absolute Gasteiger partial charge is 0.375 e. The van der Waals surface area contributed by atoms with Gasteiger partial charge in [0.05, 0.1) is 4.92 Å². The summed E-state index contributed by atoms with van der Waals surface area (Å²) in [5.41, 5.74) is -0.836. The Balaban J connectivity index is 3.05. The van der Waals surface area contributed by atoms with Crippen molar-refractivity contribution in [3.63, 3.8) is 0 Å². The molecule has 6 heteroatoms. The Bertz CT molecular complexity index is 450.